The number of nitrogens with one attached hydrogen (secondary N) is 1. The average Bonchev–Trinajstić information content (AvgIpc) is 2.67. The summed E-state index contributed by atoms with van der Waals surface area (Å²) in [6, 6.07) is 8.41. The molecule has 0 bridgehead atoms. The number of carbonyl (C=O) groups is 2. The summed E-state index contributed by atoms with van der Waals surface area (Å²) >= 11 is 0. The highest BCUT2D eigenvalue weighted by molar-refractivity contribution is 6.02. The first-order valence-corrected chi connectivity index (χ1v) is 9.27. The van der Waals surface area contributed by atoms with E-state index in [-0.39, 0.29) is 18.0 Å². The molecule has 1 aromatic carbocycles. The van der Waals surface area contributed by atoms with Crippen molar-refractivity contribution in [2.45, 2.75) is 45.6 Å². The molecule has 0 unspecified atom stereocenters. The van der Waals surface area contributed by atoms with Gasteiger partial charge < -0.3 is 10.4 Å². The van der Waals surface area contributed by atoms with E-state index in [0.29, 0.717) is 42.6 Å². The van der Waals surface area contributed by atoms with Crippen molar-refractivity contribution in [3.63, 3.8) is 0 Å². The van der Waals surface area contributed by atoms with Gasteiger partial charge >= 0.3 is 0 Å². The maximum atomic E-state index is 13.2. The highest BCUT2D eigenvalue weighted by atomic mass is 16.3. The number of fused-ring (bicyclic) bond motifs is 1. The van der Waals surface area contributed by atoms with Gasteiger partial charge in [0.1, 0.15) is 5.56 Å². The number of carbonyl (C=O) groups excluding carboxylic acids is 2. The van der Waals surface area contributed by atoms with Gasteiger partial charge in [0.2, 0.25) is 0 Å². The normalized spacial score (nSPS) is 14.6. The van der Waals surface area contributed by atoms with Crippen LogP contribution in [-0.4, -0.2) is 34.0 Å². The van der Waals surface area contributed by atoms with Crippen LogP contribution in [0.1, 0.15) is 58.2 Å². The first-order chi connectivity index (χ1) is 13.0. The van der Waals surface area contributed by atoms with Crippen LogP contribution in [-0.2, 0) is 6.42 Å². The molecule has 142 valence electrons. The molecule has 0 spiro atoms. The Morgan fingerprint density at radius 1 is 1.22 bits per heavy atom. The van der Waals surface area contributed by atoms with Gasteiger partial charge in [0.25, 0.3) is 11.5 Å². The SMILES string of the molecule is CC[C@H](CO)NC(=O)c1cc2c(n(-c3ccc(C)cc3)c1=O)CCCC2=O. The average molecular weight is 368 g/mol. The number of aromatic nitrogens is 1. The lowest BCUT2D eigenvalue weighted by molar-refractivity contribution is 0.0913. The minimum atomic E-state index is -0.567. The number of nitrogens with zero attached hydrogens (tertiary/aromatic N) is 1. The molecule has 6 heteroatoms. The van der Waals surface area contributed by atoms with Crippen LogP contribution in [0.3, 0.4) is 0 Å². The zero-order valence-electron chi connectivity index (χ0n) is 15.6. The van der Waals surface area contributed by atoms with Crippen molar-refractivity contribution < 1.29 is 14.7 Å². The summed E-state index contributed by atoms with van der Waals surface area (Å²) in [6.45, 7) is 3.58. The Labute approximate surface area is 157 Å². The van der Waals surface area contributed by atoms with Crippen molar-refractivity contribution in [2.75, 3.05) is 6.61 Å². The minimum absolute atomic E-state index is 0.0552. The lowest BCUT2D eigenvalue weighted by Crippen LogP contribution is -2.41. The van der Waals surface area contributed by atoms with Crippen LogP contribution >= 0.6 is 0 Å². The Balaban J connectivity index is 2.18. The molecule has 0 aliphatic heterocycles. The quantitative estimate of drug-likeness (QED) is 0.847. The molecule has 27 heavy (non-hydrogen) atoms. The molecule has 0 saturated carbocycles. The fourth-order valence-electron chi connectivity index (χ4n) is 3.36. The number of ketones is 1. The van der Waals surface area contributed by atoms with Crippen LogP contribution in [0.25, 0.3) is 5.69 Å². The summed E-state index contributed by atoms with van der Waals surface area (Å²) < 4.78 is 1.49. The van der Waals surface area contributed by atoms with Crippen molar-refractivity contribution in [3.05, 3.63) is 63.1 Å². The summed E-state index contributed by atoms with van der Waals surface area (Å²) in [5, 5.41) is 12.0. The van der Waals surface area contributed by atoms with Crippen molar-refractivity contribution in [3.8, 4) is 5.69 Å². The van der Waals surface area contributed by atoms with Gasteiger partial charge in [-0.1, -0.05) is 24.6 Å². The number of aliphatic hydroxyl groups excluding tert-OH is 1. The fourth-order valence-corrected chi connectivity index (χ4v) is 3.36. The second kappa shape index (κ2) is 7.88. The molecule has 0 saturated heterocycles. The summed E-state index contributed by atoms with van der Waals surface area (Å²) in [6.07, 6.45) is 2.25. The number of aliphatic hydroxyl groups is 1. The van der Waals surface area contributed by atoms with E-state index in [1.165, 1.54) is 10.6 Å². The topological polar surface area (TPSA) is 88.4 Å². The third-order valence-electron chi connectivity index (χ3n) is 5.01. The number of pyridine rings is 1. The van der Waals surface area contributed by atoms with E-state index in [1.54, 1.807) is 0 Å². The van der Waals surface area contributed by atoms with Crippen LogP contribution in [0.4, 0.5) is 0 Å². The molecule has 6 nitrogen and oxygen atoms in total. The molecule has 1 aliphatic rings. The third kappa shape index (κ3) is 3.71. The molecule has 2 aromatic rings. The Hall–Kier alpha value is -2.73. The van der Waals surface area contributed by atoms with E-state index >= 15 is 0 Å². The van der Waals surface area contributed by atoms with Crippen molar-refractivity contribution in [2.24, 2.45) is 0 Å². The number of Topliss-reactive ketones (excluding diaryl/α,β-unsaturated/α-hetero) is 1. The zero-order valence-corrected chi connectivity index (χ0v) is 15.6. The molecule has 3 rings (SSSR count). The van der Waals surface area contributed by atoms with Crippen LogP contribution in [0.2, 0.25) is 0 Å². The van der Waals surface area contributed by atoms with Gasteiger partial charge in [-0.25, -0.2) is 0 Å². The molecular formula is C21H24N2O4. The standard InChI is InChI=1S/C21H24N2O4/c1-3-14(12-24)22-20(26)17-11-16-18(5-4-6-19(16)25)23(21(17)27)15-9-7-13(2)8-10-15/h7-11,14,24H,3-6,12H2,1-2H3,(H,22,26)/t14-/m1/s1. The summed E-state index contributed by atoms with van der Waals surface area (Å²) in [7, 11) is 0. The molecule has 2 N–H and O–H groups in total. The Kier molecular flexibility index (Phi) is 5.56. The molecule has 1 atom stereocenters. The van der Waals surface area contributed by atoms with Gasteiger partial charge in [-0.15, -0.1) is 0 Å². The highest BCUT2D eigenvalue weighted by Gasteiger charge is 2.26. The van der Waals surface area contributed by atoms with Gasteiger partial charge in [-0.3, -0.25) is 19.0 Å². The van der Waals surface area contributed by atoms with Gasteiger partial charge in [-0.05, 0) is 44.4 Å². The van der Waals surface area contributed by atoms with Crippen molar-refractivity contribution in [1.29, 1.82) is 0 Å². The molecular weight excluding hydrogens is 344 g/mol. The summed E-state index contributed by atoms with van der Waals surface area (Å²) in [4.78, 5) is 38.3. The van der Waals surface area contributed by atoms with Crippen LogP contribution < -0.4 is 10.9 Å². The predicted molar refractivity (Wildman–Crippen MR) is 103 cm³/mol. The van der Waals surface area contributed by atoms with Gasteiger partial charge in [0.05, 0.1) is 12.6 Å². The van der Waals surface area contributed by atoms with E-state index < -0.39 is 17.5 Å². The Morgan fingerprint density at radius 3 is 2.56 bits per heavy atom. The lowest BCUT2D eigenvalue weighted by Gasteiger charge is -2.22. The monoisotopic (exact) mass is 368 g/mol. The first-order valence-electron chi connectivity index (χ1n) is 9.27. The second-order valence-electron chi connectivity index (χ2n) is 6.93. The molecule has 0 radical (unpaired) electrons. The van der Waals surface area contributed by atoms with E-state index in [9.17, 15) is 19.5 Å². The van der Waals surface area contributed by atoms with Gasteiger partial charge in [0.15, 0.2) is 5.78 Å². The largest absolute Gasteiger partial charge is 0.394 e. The van der Waals surface area contributed by atoms with Gasteiger partial charge in [-0.2, -0.15) is 0 Å². The smallest absolute Gasteiger partial charge is 0.268 e. The molecule has 1 amide bonds. The van der Waals surface area contributed by atoms with Crippen LogP contribution in [0.5, 0.6) is 0 Å². The summed E-state index contributed by atoms with van der Waals surface area (Å²) in [5.74, 6) is -0.622. The summed E-state index contributed by atoms with van der Waals surface area (Å²) in [5.41, 5.74) is 2.27. The van der Waals surface area contributed by atoms with E-state index in [2.05, 4.69) is 5.32 Å². The van der Waals surface area contributed by atoms with E-state index in [0.717, 1.165) is 5.56 Å². The number of hydrogen-bond acceptors (Lipinski definition) is 4. The minimum Gasteiger partial charge on any atom is -0.394 e. The number of aryl methyl sites for hydroxylation is 1. The van der Waals surface area contributed by atoms with E-state index in [4.69, 9.17) is 0 Å². The molecule has 1 aliphatic carbocycles. The highest BCUT2D eigenvalue weighted by Crippen LogP contribution is 2.23. The second-order valence-corrected chi connectivity index (χ2v) is 6.93. The van der Waals surface area contributed by atoms with Crippen molar-refractivity contribution >= 4 is 11.7 Å². The number of amides is 1. The van der Waals surface area contributed by atoms with Crippen LogP contribution in [0.15, 0.2) is 35.1 Å². The lowest BCUT2D eigenvalue weighted by atomic mass is 9.92. The van der Waals surface area contributed by atoms with Crippen molar-refractivity contribution in [1.82, 2.24) is 9.88 Å². The Bertz CT molecular complexity index is 924. The Morgan fingerprint density at radius 2 is 1.93 bits per heavy atom. The maximum absolute atomic E-state index is 13.2. The predicted octanol–water partition coefficient (Wildman–Crippen LogP) is 2.17. The number of rotatable bonds is 5. The molecule has 1 heterocycles. The first kappa shape index (κ1) is 19.0. The number of benzene rings is 1. The zero-order chi connectivity index (χ0) is 19.6. The molecule has 0 fully saturated rings. The molecule has 1 aromatic heterocycles. The maximum Gasteiger partial charge on any atom is 0.268 e. The number of hydrogen-bond donors (Lipinski definition) is 2. The third-order valence-corrected chi connectivity index (χ3v) is 5.01. The van der Waals surface area contributed by atoms with Gasteiger partial charge in [0, 0.05) is 23.4 Å². The fraction of sp³-hybridized carbons (Fsp3) is 0.381. The van der Waals surface area contributed by atoms with Crippen LogP contribution in [0, 0.1) is 6.92 Å². The van der Waals surface area contributed by atoms with E-state index in [1.807, 2.05) is 38.1 Å².